The number of carboxylic acids is 1. The molecule has 14 heteroatoms. The molecule has 1 atom stereocenters. The Morgan fingerprint density at radius 1 is 0.811 bits per heavy atom. The number of phenolic OH excluding ortho intramolecular Hbond substituents is 1. The number of carboxylic acid groups (broad SMARTS) is 1. The van der Waals surface area contributed by atoms with Crippen molar-refractivity contribution in [3.05, 3.63) is 58.7 Å². The third kappa shape index (κ3) is 9.21. The fraction of sp³-hybridized carbons (Fsp3) is 0.564. The van der Waals surface area contributed by atoms with Crippen molar-refractivity contribution in [2.45, 2.75) is 83.4 Å². The molecule has 2 aromatic rings. The summed E-state index contributed by atoms with van der Waals surface area (Å²) in [5, 5.41) is 22.3. The number of aliphatic carboxylic acids is 1. The standard InChI is InChI=1S/C39H52N6O8/c1-26-23-28(24-27(2)36(26)49)25-33(37(50)43-21-19-41(20-22-43)30-10-14-42(15-11-30)34(46)7-8-35(47)48)53-39(52)44-16-12-31(13-17-44)45-18-9-29-5-3-4-6-32(29)40-38(45)51/h3-6,23-24,30-31,33,49H,7-22,25H2,1-2H3,(H,40,51)(H,47,48)/t33-/m1/s1. The van der Waals surface area contributed by atoms with Crippen LogP contribution in [-0.4, -0.2) is 142 Å². The second-order valence-corrected chi connectivity index (χ2v) is 14.8. The molecule has 3 N–H and O–H groups in total. The molecular formula is C39H52N6O8. The fourth-order valence-corrected chi connectivity index (χ4v) is 8.21. The van der Waals surface area contributed by atoms with E-state index in [-0.39, 0.29) is 54.9 Å². The Morgan fingerprint density at radius 2 is 1.43 bits per heavy atom. The maximum absolute atomic E-state index is 14.1. The van der Waals surface area contributed by atoms with Crippen LogP contribution in [-0.2, 0) is 32.0 Å². The zero-order valence-electron chi connectivity index (χ0n) is 30.8. The molecule has 5 amide bonds. The van der Waals surface area contributed by atoms with Gasteiger partial charge in [0.1, 0.15) is 5.75 Å². The summed E-state index contributed by atoms with van der Waals surface area (Å²) in [5.74, 6) is -1.15. The third-order valence-corrected chi connectivity index (χ3v) is 11.3. The number of nitrogens with zero attached hydrogens (tertiary/aromatic N) is 5. The van der Waals surface area contributed by atoms with Crippen molar-refractivity contribution in [2.75, 3.05) is 64.2 Å². The van der Waals surface area contributed by atoms with Gasteiger partial charge in [-0.05, 0) is 74.3 Å². The smallest absolute Gasteiger partial charge is 0.410 e. The predicted molar refractivity (Wildman–Crippen MR) is 197 cm³/mol. The number of para-hydroxylation sites is 1. The number of phenols is 1. The number of urea groups is 1. The van der Waals surface area contributed by atoms with Crippen LogP contribution in [0.15, 0.2) is 36.4 Å². The maximum atomic E-state index is 14.1. The summed E-state index contributed by atoms with van der Waals surface area (Å²) in [4.78, 5) is 73.5. The zero-order chi connectivity index (χ0) is 37.6. The van der Waals surface area contributed by atoms with Crippen LogP contribution in [0, 0.1) is 13.8 Å². The van der Waals surface area contributed by atoms with Gasteiger partial charge in [-0.15, -0.1) is 0 Å². The van der Waals surface area contributed by atoms with Gasteiger partial charge in [0, 0.05) is 89.5 Å². The number of piperazine rings is 1. The van der Waals surface area contributed by atoms with E-state index in [2.05, 4.69) is 10.2 Å². The lowest BCUT2D eigenvalue weighted by atomic mass is 10.00. The molecule has 0 spiro atoms. The first kappa shape index (κ1) is 37.9. The quantitative estimate of drug-likeness (QED) is 0.350. The van der Waals surface area contributed by atoms with E-state index in [9.17, 15) is 29.1 Å². The number of aryl methyl sites for hydroxylation is 2. The molecule has 0 bridgehead atoms. The molecule has 3 fully saturated rings. The van der Waals surface area contributed by atoms with Gasteiger partial charge in [0.05, 0.1) is 6.42 Å². The SMILES string of the molecule is Cc1cc(C[C@@H](OC(=O)N2CCC(N3CCc4ccccc4NC3=O)CC2)C(=O)N2CCN(C3CCN(C(=O)CCC(=O)O)CC3)CC2)cc(C)c1O. The highest BCUT2D eigenvalue weighted by Crippen LogP contribution is 2.27. The highest BCUT2D eigenvalue weighted by atomic mass is 16.6. The summed E-state index contributed by atoms with van der Waals surface area (Å²) in [6.07, 6.45) is 1.96. The average molecular weight is 733 g/mol. The number of nitrogens with one attached hydrogen (secondary N) is 1. The summed E-state index contributed by atoms with van der Waals surface area (Å²) in [6, 6.07) is 11.6. The van der Waals surface area contributed by atoms with Crippen LogP contribution in [0.25, 0.3) is 0 Å². The van der Waals surface area contributed by atoms with Crippen molar-refractivity contribution < 1.29 is 38.9 Å². The van der Waals surface area contributed by atoms with E-state index >= 15 is 0 Å². The number of carbonyl (C=O) groups is 5. The second kappa shape index (κ2) is 16.9. The number of rotatable bonds is 9. The van der Waals surface area contributed by atoms with E-state index in [1.165, 1.54) is 0 Å². The summed E-state index contributed by atoms with van der Waals surface area (Å²) in [7, 11) is 0. The Kier molecular flexibility index (Phi) is 12.1. The zero-order valence-corrected chi connectivity index (χ0v) is 30.8. The lowest BCUT2D eigenvalue weighted by Gasteiger charge is -2.43. The van der Waals surface area contributed by atoms with Gasteiger partial charge in [-0.3, -0.25) is 19.3 Å². The number of carbonyl (C=O) groups excluding carboxylic acids is 4. The van der Waals surface area contributed by atoms with Crippen LogP contribution in [0.2, 0.25) is 0 Å². The second-order valence-electron chi connectivity index (χ2n) is 14.8. The number of benzene rings is 2. The highest BCUT2D eigenvalue weighted by Gasteiger charge is 2.37. The van der Waals surface area contributed by atoms with Gasteiger partial charge in [0.15, 0.2) is 6.10 Å². The van der Waals surface area contributed by atoms with Crippen LogP contribution in [0.3, 0.4) is 0 Å². The first-order valence-electron chi connectivity index (χ1n) is 18.9. The van der Waals surface area contributed by atoms with Gasteiger partial charge in [-0.1, -0.05) is 30.3 Å². The number of fused-ring (bicyclic) bond motifs is 1. The number of piperidine rings is 2. The Hall–Kier alpha value is -4.85. The Labute approximate surface area is 310 Å². The number of aromatic hydroxyl groups is 1. The van der Waals surface area contributed by atoms with Crippen LogP contribution in [0.1, 0.15) is 60.8 Å². The molecule has 6 rings (SSSR count). The summed E-state index contributed by atoms with van der Waals surface area (Å²) >= 11 is 0. The van der Waals surface area contributed by atoms with Crippen molar-refractivity contribution in [3.63, 3.8) is 0 Å². The van der Waals surface area contributed by atoms with Crippen LogP contribution in [0.4, 0.5) is 15.3 Å². The van der Waals surface area contributed by atoms with E-state index in [0.717, 1.165) is 36.1 Å². The lowest BCUT2D eigenvalue weighted by molar-refractivity contribution is -0.143. The normalized spacial score (nSPS) is 19.6. The average Bonchev–Trinajstić information content (AvgIpc) is 3.33. The molecule has 0 saturated carbocycles. The van der Waals surface area contributed by atoms with Gasteiger partial charge < -0.3 is 39.9 Å². The number of likely N-dealkylation sites (tertiary alicyclic amines) is 2. The molecule has 53 heavy (non-hydrogen) atoms. The number of anilines is 1. The number of amides is 5. The molecule has 0 radical (unpaired) electrons. The molecule has 0 aromatic heterocycles. The molecule has 4 aliphatic heterocycles. The Bertz CT molecular complexity index is 1650. The molecule has 0 unspecified atom stereocenters. The van der Waals surface area contributed by atoms with Crippen molar-refractivity contribution in [1.82, 2.24) is 24.5 Å². The number of hydrogen-bond donors (Lipinski definition) is 3. The Morgan fingerprint density at radius 3 is 2.09 bits per heavy atom. The van der Waals surface area contributed by atoms with E-state index in [1.54, 1.807) is 28.5 Å². The van der Waals surface area contributed by atoms with Crippen LogP contribution < -0.4 is 5.32 Å². The number of ether oxygens (including phenoxy) is 1. The van der Waals surface area contributed by atoms with Gasteiger partial charge in [0.2, 0.25) is 5.91 Å². The first-order chi connectivity index (χ1) is 25.5. The van der Waals surface area contributed by atoms with E-state index in [1.807, 2.05) is 41.3 Å². The topological polar surface area (TPSA) is 163 Å². The van der Waals surface area contributed by atoms with Crippen molar-refractivity contribution >= 4 is 35.6 Å². The van der Waals surface area contributed by atoms with Gasteiger partial charge in [0.25, 0.3) is 5.91 Å². The fourth-order valence-electron chi connectivity index (χ4n) is 8.21. The monoisotopic (exact) mass is 732 g/mol. The maximum Gasteiger partial charge on any atom is 0.410 e. The molecule has 4 aliphatic rings. The molecule has 2 aromatic carbocycles. The van der Waals surface area contributed by atoms with Crippen molar-refractivity contribution in [3.8, 4) is 5.75 Å². The summed E-state index contributed by atoms with van der Waals surface area (Å²) in [5.41, 5.74) is 4.10. The van der Waals surface area contributed by atoms with Crippen molar-refractivity contribution in [2.24, 2.45) is 0 Å². The minimum Gasteiger partial charge on any atom is -0.507 e. The highest BCUT2D eigenvalue weighted by molar-refractivity contribution is 5.91. The lowest BCUT2D eigenvalue weighted by Crippen LogP contribution is -2.57. The first-order valence-corrected chi connectivity index (χ1v) is 18.9. The summed E-state index contributed by atoms with van der Waals surface area (Å²) < 4.78 is 6.05. The van der Waals surface area contributed by atoms with Gasteiger partial charge in [-0.25, -0.2) is 9.59 Å². The summed E-state index contributed by atoms with van der Waals surface area (Å²) in [6.45, 7) is 8.45. The van der Waals surface area contributed by atoms with Crippen LogP contribution >= 0.6 is 0 Å². The minimum absolute atomic E-state index is 0.0149. The van der Waals surface area contributed by atoms with Gasteiger partial charge >= 0.3 is 18.1 Å². The van der Waals surface area contributed by atoms with Gasteiger partial charge in [-0.2, -0.15) is 0 Å². The van der Waals surface area contributed by atoms with Crippen molar-refractivity contribution in [1.29, 1.82) is 0 Å². The molecule has 3 saturated heterocycles. The molecule has 0 aliphatic carbocycles. The predicted octanol–water partition coefficient (Wildman–Crippen LogP) is 3.61. The minimum atomic E-state index is -1.05. The number of hydrogen-bond acceptors (Lipinski definition) is 8. The third-order valence-electron chi connectivity index (χ3n) is 11.3. The molecule has 4 heterocycles. The van der Waals surface area contributed by atoms with E-state index < -0.39 is 18.2 Å². The van der Waals surface area contributed by atoms with E-state index in [4.69, 9.17) is 9.84 Å². The Balaban J connectivity index is 1.04. The molecular weight excluding hydrogens is 680 g/mol. The largest absolute Gasteiger partial charge is 0.507 e. The van der Waals surface area contributed by atoms with E-state index in [0.29, 0.717) is 82.9 Å². The molecule has 286 valence electrons. The van der Waals surface area contributed by atoms with Crippen LogP contribution in [0.5, 0.6) is 5.75 Å². The molecule has 14 nitrogen and oxygen atoms in total.